The van der Waals surface area contributed by atoms with Gasteiger partial charge in [-0.2, -0.15) is 0 Å². The van der Waals surface area contributed by atoms with Gasteiger partial charge in [0, 0.05) is 18.4 Å². The molecule has 1 aromatic heterocycles. The summed E-state index contributed by atoms with van der Waals surface area (Å²) < 4.78 is 0. The van der Waals surface area contributed by atoms with Crippen molar-refractivity contribution in [3.63, 3.8) is 0 Å². The van der Waals surface area contributed by atoms with Gasteiger partial charge in [-0.3, -0.25) is 4.79 Å². The molecule has 0 spiro atoms. The highest BCUT2D eigenvalue weighted by Gasteiger charge is 2.09. The molecular weight excluding hydrogens is 336 g/mol. The molecule has 0 unspecified atom stereocenters. The second-order valence-corrected chi connectivity index (χ2v) is 6.55. The molecule has 0 aliphatic rings. The molecule has 0 saturated carbocycles. The first-order valence-electron chi connectivity index (χ1n) is 9.11. The molecule has 0 aliphatic heterocycles. The summed E-state index contributed by atoms with van der Waals surface area (Å²) in [5.41, 5.74) is 4.82. The third-order valence-corrected chi connectivity index (χ3v) is 4.30. The highest BCUT2D eigenvalue weighted by molar-refractivity contribution is 5.92. The van der Waals surface area contributed by atoms with Crippen LogP contribution in [0, 0.1) is 13.8 Å². The number of hydrogen-bond acceptors (Lipinski definition) is 4. The first kappa shape index (κ1) is 18.6. The number of nitrogens with zero attached hydrogens (tertiary/aromatic N) is 2. The molecule has 0 saturated heterocycles. The Hall–Kier alpha value is -3.21. The minimum absolute atomic E-state index is 0.186. The molecule has 0 atom stereocenters. The van der Waals surface area contributed by atoms with Crippen molar-refractivity contribution in [2.24, 2.45) is 0 Å². The Balaban J connectivity index is 1.56. The van der Waals surface area contributed by atoms with Gasteiger partial charge in [-0.1, -0.05) is 42.5 Å². The van der Waals surface area contributed by atoms with Gasteiger partial charge in [0.15, 0.2) is 0 Å². The van der Waals surface area contributed by atoms with Crippen molar-refractivity contribution in [3.05, 3.63) is 83.2 Å². The maximum Gasteiger partial charge on any atom is 0.270 e. The monoisotopic (exact) mass is 360 g/mol. The van der Waals surface area contributed by atoms with E-state index < -0.39 is 0 Å². The van der Waals surface area contributed by atoms with E-state index in [0.29, 0.717) is 18.2 Å². The average Bonchev–Trinajstić information content (AvgIpc) is 2.69. The van der Waals surface area contributed by atoms with Crippen LogP contribution in [-0.4, -0.2) is 22.4 Å². The normalized spacial score (nSPS) is 10.4. The first-order chi connectivity index (χ1) is 13.1. The van der Waals surface area contributed by atoms with Gasteiger partial charge in [0.25, 0.3) is 5.91 Å². The van der Waals surface area contributed by atoms with Crippen LogP contribution in [0.3, 0.4) is 0 Å². The van der Waals surface area contributed by atoms with Crippen LogP contribution in [0.5, 0.6) is 0 Å². The van der Waals surface area contributed by atoms with Crippen LogP contribution < -0.4 is 10.6 Å². The van der Waals surface area contributed by atoms with Crippen molar-refractivity contribution >= 4 is 17.5 Å². The fraction of sp³-hybridized carbons (Fsp3) is 0.227. The SMILES string of the molecule is Cc1ccc(C)c(Nc2nccc(C(=O)NCCCc3ccccc3)n2)c1. The zero-order valence-electron chi connectivity index (χ0n) is 15.7. The Bertz CT molecular complexity index is 909. The predicted octanol–water partition coefficient (Wildman–Crippen LogP) is 4.20. The molecule has 27 heavy (non-hydrogen) atoms. The summed E-state index contributed by atoms with van der Waals surface area (Å²) in [5.74, 6) is 0.232. The quantitative estimate of drug-likeness (QED) is 0.620. The topological polar surface area (TPSA) is 66.9 Å². The van der Waals surface area contributed by atoms with Crippen molar-refractivity contribution in [2.75, 3.05) is 11.9 Å². The van der Waals surface area contributed by atoms with Crippen LogP contribution >= 0.6 is 0 Å². The van der Waals surface area contributed by atoms with E-state index in [1.165, 1.54) is 5.56 Å². The van der Waals surface area contributed by atoms with Gasteiger partial charge in [-0.25, -0.2) is 9.97 Å². The standard InChI is InChI=1S/C22H24N4O/c1-16-10-11-17(2)20(15-16)26-22-24-14-12-19(25-22)21(27)23-13-6-9-18-7-4-3-5-8-18/h3-5,7-8,10-12,14-15H,6,9,13H2,1-2H3,(H,23,27)(H,24,25,26). The number of carbonyl (C=O) groups is 1. The Morgan fingerprint density at radius 2 is 1.85 bits per heavy atom. The van der Waals surface area contributed by atoms with Crippen molar-refractivity contribution < 1.29 is 4.79 Å². The average molecular weight is 360 g/mol. The van der Waals surface area contributed by atoms with Crippen LogP contribution in [0.4, 0.5) is 11.6 Å². The predicted molar refractivity (Wildman–Crippen MR) is 108 cm³/mol. The Kier molecular flexibility index (Phi) is 6.15. The molecule has 0 aliphatic carbocycles. The number of hydrogen-bond donors (Lipinski definition) is 2. The van der Waals surface area contributed by atoms with Crippen molar-refractivity contribution in [1.29, 1.82) is 0 Å². The van der Waals surface area contributed by atoms with Crippen LogP contribution in [0.25, 0.3) is 0 Å². The Labute approximate surface area is 159 Å². The molecule has 3 aromatic rings. The summed E-state index contributed by atoms with van der Waals surface area (Å²) in [6.07, 6.45) is 3.41. The molecule has 138 valence electrons. The molecule has 0 bridgehead atoms. The highest BCUT2D eigenvalue weighted by atomic mass is 16.1. The lowest BCUT2D eigenvalue weighted by Gasteiger charge is -2.10. The summed E-state index contributed by atoms with van der Waals surface area (Å²) in [6, 6.07) is 18.0. The molecule has 5 heteroatoms. The third kappa shape index (κ3) is 5.38. The van der Waals surface area contributed by atoms with Crippen molar-refractivity contribution in [2.45, 2.75) is 26.7 Å². The van der Waals surface area contributed by atoms with Crippen LogP contribution in [0.2, 0.25) is 0 Å². The molecule has 0 radical (unpaired) electrons. The molecule has 1 amide bonds. The van der Waals surface area contributed by atoms with E-state index in [1.54, 1.807) is 12.3 Å². The lowest BCUT2D eigenvalue weighted by atomic mass is 10.1. The van der Waals surface area contributed by atoms with Gasteiger partial charge >= 0.3 is 0 Å². The van der Waals surface area contributed by atoms with E-state index in [-0.39, 0.29) is 5.91 Å². The van der Waals surface area contributed by atoms with E-state index in [9.17, 15) is 4.79 Å². The smallest absolute Gasteiger partial charge is 0.270 e. The van der Waals surface area contributed by atoms with Gasteiger partial charge in [-0.15, -0.1) is 0 Å². The molecule has 2 N–H and O–H groups in total. The molecule has 0 fully saturated rings. The van der Waals surface area contributed by atoms with Gasteiger partial charge in [0.1, 0.15) is 5.69 Å². The second kappa shape index (κ2) is 8.94. The summed E-state index contributed by atoms with van der Waals surface area (Å²) in [5, 5.41) is 6.12. The summed E-state index contributed by atoms with van der Waals surface area (Å²) >= 11 is 0. The highest BCUT2D eigenvalue weighted by Crippen LogP contribution is 2.19. The van der Waals surface area contributed by atoms with Crippen LogP contribution in [-0.2, 0) is 6.42 Å². The Morgan fingerprint density at radius 3 is 2.67 bits per heavy atom. The molecule has 2 aromatic carbocycles. The second-order valence-electron chi connectivity index (χ2n) is 6.55. The summed E-state index contributed by atoms with van der Waals surface area (Å²) in [6.45, 7) is 4.66. The van der Waals surface area contributed by atoms with Gasteiger partial charge in [0.05, 0.1) is 0 Å². The maximum absolute atomic E-state index is 12.4. The van der Waals surface area contributed by atoms with Crippen LogP contribution in [0.1, 0.15) is 33.6 Å². The molecule has 3 rings (SSSR count). The number of amides is 1. The third-order valence-electron chi connectivity index (χ3n) is 4.30. The van der Waals surface area contributed by atoms with Gasteiger partial charge in [0.2, 0.25) is 5.95 Å². The number of aromatic nitrogens is 2. The fourth-order valence-electron chi connectivity index (χ4n) is 2.77. The first-order valence-corrected chi connectivity index (χ1v) is 9.11. The van der Waals surface area contributed by atoms with Gasteiger partial charge < -0.3 is 10.6 Å². The summed E-state index contributed by atoms with van der Waals surface area (Å²) in [7, 11) is 0. The van der Waals surface area contributed by atoms with E-state index in [4.69, 9.17) is 0 Å². The largest absolute Gasteiger partial charge is 0.351 e. The number of nitrogens with one attached hydrogen (secondary N) is 2. The number of rotatable bonds is 7. The Morgan fingerprint density at radius 1 is 1.04 bits per heavy atom. The van der Waals surface area contributed by atoms with E-state index >= 15 is 0 Å². The fourth-order valence-corrected chi connectivity index (χ4v) is 2.77. The van der Waals surface area contributed by atoms with Crippen molar-refractivity contribution in [1.82, 2.24) is 15.3 Å². The maximum atomic E-state index is 12.4. The molecular formula is C22H24N4O. The zero-order valence-corrected chi connectivity index (χ0v) is 15.7. The number of anilines is 2. The molecule has 5 nitrogen and oxygen atoms in total. The number of aryl methyl sites for hydroxylation is 3. The van der Waals surface area contributed by atoms with E-state index in [1.807, 2.05) is 44.2 Å². The van der Waals surface area contributed by atoms with E-state index in [0.717, 1.165) is 29.7 Å². The van der Waals surface area contributed by atoms with Crippen molar-refractivity contribution in [3.8, 4) is 0 Å². The number of benzene rings is 2. The number of carbonyl (C=O) groups excluding carboxylic acids is 1. The van der Waals surface area contributed by atoms with E-state index in [2.05, 4.69) is 38.8 Å². The van der Waals surface area contributed by atoms with Crippen LogP contribution in [0.15, 0.2) is 60.8 Å². The summed E-state index contributed by atoms with van der Waals surface area (Å²) in [4.78, 5) is 20.9. The lowest BCUT2D eigenvalue weighted by molar-refractivity contribution is 0.0948. The molecule has 1 heterocycles. The van der Waals surface area contributed by atoms with Gasteiger partial charge in [-0.05, 0) is 55.5 Å². The lowest BCUT2D eigenvalue weighted by Crippen LogP contribution is -2.26. The zero-order chi connectivity index (χ0) is 19.1. The minimum Gasteiger partial charge on any atom is -0.351 e. The minimum atomic E-state index is -0.186.